The summed E-state index contributed by atoms with van der Waals surface area (Å²) in [6, 6.07) is 2.49. The summed E-state index contributed by atoms with van der Waals surface area (Å²) in [4.78, 5) is 42.1. The number of primary amides is 1. The quantitative estimate of drug-likeness (QED) is 0.696. The van der Waals surface area contributed by atoms with E-state index in [9.17, 15) is 14.4 Å². The van der Waals surface area contributed by atoms with Crippen LogP contribution in [0, 0.1) is 5.92 Å². The number of amides is 4. The van der Waals surface area contributed by atoms with Crippen LogP contribution in [0.5, 0.6) is 5.88 Å². The molecule has 3 aliphatic rings. The lowest BCUT2D eigenvalue weighted by atomic mass is 9.91. The van der Waals surface area contributed by atoms with Gasteiger partial charge in [0.25, 0.3) is 11.8 Å². The third-order valence-corrected chi connectivity index (χ3v) is 5.94. The first-order valence-corrected chi connectivity index (χ1v) is 10.1. The van der Waals surface area contributed by atoms with Crippen molar-refractivity contribution < 1.29 is 19.1 Å². The van der Waals surface area contributed by atoms with E-state index in [0.717, 1.165) is 18.8 Å². The normalized spacial score (nSPS) is 27.6. The lowest BCUT2D eigenvalue weighted by Gasteiger charge is -2.33. The number of imide groups is 1. The summed E-state index contributed by atoms with van der Waals surface area (Å²) in [5, 5.41) is 2.85. The fourth-order valence-corrected chi connectivity index (χ4v) is 4.15. The molecule has 2 aliphatic carbocycles. The zero-order valence-electron chi connectivity index (χ0n) is 15.8. The summed E-state index contributed by atoms with van der Waals surface area (Å²) in [6.07, 6.45) is 8.41. The summed E-state index contributed by atoms with van der Waals surface area (Å²) in [6.45, 7) is 0. The Bertz CT molecular complexity index is 771. The smallest absolute Gasteiger partial charge is 0.325 e. The van der Waals surface area contributed by atoms with Gasteiger partial charge in [-0.3, -0.25) is 14.5 Å². The topological polar surface area (TPSA) is 115 Å². The first kappa shape index (κ1) is 18.7. The number of aromatic nitrogens is 1. The lowest BCUT2D eigenvalue weighted by molar-refractivity contribution is -0.129. The summed E-state index contributed by atoms with van der Waals surface area (Å²) in [5.74, 6) is 0.320. The molecule has 1 unspecified atom stereocenters. The van der Waals surface area contributed by atoms with Gasteiger partial charge in [-0.15, -0.1) is 0 Å². The van der Waals surface area contributed by atoms with Crippen molar-refractivity contribution in [3.8, 4) is 5.88 Å². The van der Waals surface area contributed by atoms with Gasteiger partial charge in [0, 0.05) is 12.2 Å². The van der Waals surface area contributed by atoms with Crippen LogP contribution < -0.4 is 15.8 Å². The van der Waals surface area contributed by atoms with Crippen molar-refractivity contribution in [1.29, 1.82) is 0 Å². The van der Waals surface area contributed by atoms with Crippen molar-refractivity contribution in [3.63, 3.8) is 0 Å². The number of ether oxygens (including phenoxy) is 1. The van der Waals surface area contributed by atoms with Gasteiger partial charge < -0.3 is 15.8 Å². The molecule has 150 valence electrons. The lowest BCUT2D eigenvalue weighted by Crippen LogP contribution is -2.44. The van der Waals surface area contributed by atoms with E-state index in [-0.39, 0.29) is 41.6 Å². The molecule has 0 aromatic carbocycles. The Balaban J connectivity index is 1.32. The molecule has 0 radical (unpaired) electrons. The SMILES string of the molecule is NC(=O)c1cccnc1OC1CCC(N2C(=O)NC(CCC3CC3)C2=O)CC1. The number of urea groups is 1. The van der Waals surface area contributed by atoms with Gasteiger partial charge in [0.2, 0.25) is 5.88 Å². The van der Waals surface area contributed by atoms with Gasteiger partial charge in [0.1, 0.15) is 17.7 Å². The molecule has 1 aromatic heterocycles. The minimum atomic E-state index is -0.576. The Morgan fingerprint density at radius 3 is 2.61 bits per heavy atom. The van der Waals surface area contributed by atoms with Gasteiger partial charge in [0.15, 0.2) is 0 Å². The molecule has 4 rings (SSSR count). The van der Waals surface area contributed by atoms with E-state index in [0.29, 0.717) is 25.7 Å². The highest BCUT2D eigenvalue weighted by atomic mass is 16.5. The molecule has 1 aromatic rings. The first-order valence-electron chi connectivity index (χ1n) is 10.1. The van der Waals surface area contributed by atoms with Crippen molar-refractivity contribution in [2.75, 3.05) is 0 Å². The summed E-state index contributed by atoms with van der Waals surface area (Å²) >= 11 is 0. The van der Waals surface area contributed by atoms with Crippen LogP contribution in [0.3, 0.4) is 0 Å². The Morgan fingerprint density at radius 2 is 1.93 bits per heavy atom. The van der Waals surface area contributed by atoms with Crippen LogP contribution in [0.2, 0.25) is 0 Å². The highest BCUT2D eigenvalue weighted by molar-refractivity contribution is 6.04. The molecular formula is C20H26N4O4. The fraction of sp³-hybridized carbons (Fsp3) is 0.600. The Morgan fingerprint density at radius 1 is 1.18 bits per heavy atom. The molecular weight excluding hydrogens is 360 g/mol. The van der Waals surface area contributed by atoms with Gasteiger partial charge in [0.05, 0.1) is 0 Å². The molecule has 8 nitrogen and oxygen atoms in total. The van der Waals surface area contributed by atoms with Crippen molar-refractivity contribution in [2.45, 2.75) is 69.6 Å². The highest BCUT2D eigenvalue weighted by Gasteiger charge is 2.43. The predicted molar refractivity (Wildman–Crippen MR) is 101 cm³/mol. The van der Waals surface area contributed by atoms with Crippen molar-refractivity contribution >= 4 is 17.8 Å². The van der Waals surface area contributed by atoms with E-state index < -0.39 is 5.91 Å². The van der Waals surface area contributed by atoms with Crippen LogP contribution in [0.4, 0.5) is 4.79 Å². The number of carbonyl (C=O) groups is 3. The predicted octanol–water partition coefficient (Wildman–Crippen LogP) is 1.98. The molecule has 2 heterocycles. The maximum Gasteiger partial charge on any atom is 0.325 e. The molecule has 1 saturated heterocycles. The molecule has 4 amide bonds. The Hall–Kier alpha value is -2.64. The maximum atomic E-state index is 12.7. The second-order valence-electron chi connectivity index (χ2n) is 8.00. The van der Waals surface area contributed by atoms with Crippen molar-refractivity contribution in [2.24, 2.45) is 11.7 Å². The monoisotopic (exact) mass is 386 g/mol. The van der Waals surface area contributed by atoms with E-state index in [1.165, 1.54) is 17.7 Å². The van der Waals surface area contributed by atoms with E-state index in [4.69, 9.17) is 10.5 Å². The zero-order chi connectivity index (χ0) is 19.7. The third-order valence-electron chi connectivity index (χ3n) is 5.94. The van der Waals surface area contributed by atoms with Crippen LogP contribution in [0.25, 0.3) is 0 Å². The third kappa shape index (κ3) is 3.95. The number of nitrogens with two attached hydrogens (primary N) is 1. The molecule has 28 heavy (non-hydrogen) atoms. The van der Waals surface area contributed by atoms with E-state index in [1.807, 2.05) is 0 Å². The minimum Gasteiger partial charge on any atom is -0.474 e. The Kier molecular flexibility index (Phi) is 5.19. The number of nitrogens with one attached hydrogen (secondary N) is 1. The standard InChI is InChI=1S/C20H26N4O4/c21-17(25)15-2-1-11-22-18(15)28-14-8-6-13(7-9-14)24-19(26)16(23-20(24)27)10-5-12-3-4-12/h1-2,11-14,16H,3-10H2,(H2,21,25)(H,23,27). The van der Waals surface area contributed by atoms with Gasteiger partial charge >= 0.3 is 6.03 Å². The van der Waals surface area contributed by atoms with Crippen LogP contribution in [0.1, 0.15) is 61.7 Å². The van der Waals surface area contributed by atoms with Crippen LogP contribution >= 0.6 is 0 Å². The summed E-state index contributed by atoms with van der Waals surface area (Å²) in [7, 11) is 0. The zero-order valence-corrected chi connectivity index (χ0v) is 15.8. The maximum absolute atomic E-state index is 12.7. The number of nitrogens with zero attached hydrogens (tertiary/aromatic N) is 2. The average molecular weight is 386 g/mol. The van der Waals surface area contributed by atoms with Crippen molar-refractivity contribution in [1.82, 2.24) is 15.2 Å². The van der Waals surface area contributed by atoms with E-state index in [2.05, 4.69) is 10.3 Å². The van der Waals surface area contributed by atoms with E-state index in [1.54, 1.807) is 18.3 Å². The van der Waals surface area contributed by atoms with Crippen LogP contribution in [-0.4, -0.2) is 45.9 Å². The molecule has 0 spiro atoms. The highest BCUT2D eigenvalue weighted by Crippen LogP contribution is 2.35. The fourth-order valence-electron chi connectivity index (χ4n) is 4.15. The molecule has 3 fully saturated rings. The second-order valence-corrected chi connectivity index (χ2v) is 8.00. The van der Waals surface area contributed by atoms with Crippen LogP contribution in [-0.2, 0) is 4.79 Å². The van der Waals surface area contributed by atoms with Gasteiger partial charge in [-0.1, -0.05) is 12.8 Å². The van der Waals surface area contributed by atoms with Gasteiger partial charge in [-0.05, 0) is 56.6 Å². The first-order chi connectivity index (χ1) is 13.5. The number of hydrogen-bond donors (Lipinski definition) is 2. The summed E-state index contributed by atoms with van der Waals surface area (Å²) < 4.78 is 5.89. The number of hydrogen-bond acceptors (Lipinski definition) is 5. The molecule has 1 atom stereocenters. The Labute approximate surface area is 163 Å². The van der Waals surface area contributed by atoms with Gasteiger partial charge in [-0.25, -0.2) is 9.78 Å². The minimum absolute atomic E-state index is 0.0873. The van der Waals surface area contributed by atoms with Crippen molar-refractivity contribution in [3.05, 3.63) is 23.9 Å². The second kappa shape index (κ2) is 7.77. The van der Waals surface area contributed by atoms with Gasteiger partial charge in [-0.2, -0.15) is 0 Å². The largest absolute Gasteiger partial charge is 0.474 e. The molecule has 2 saturated carbocycles. The number of pyridine rings is 1. The molecule has 0 bridgehead atoms. The van der Waals surface area contributed by atoms with Crippen LogP contribution in [0.15, 0.2) is 18.3 Å². The molecule has 3 N–H and O–H groups in total. The average Bonchev–Trinajstić information content (AvgIpc) is 3.46. The number of carbonyl (C=O) groups excluding carboxylic acids is 3. The molecule has 1 aliphatic heterocycles. The molecule has 8 heteroatoms. The van der Waals surface area contributed by atoms with E-state index >= 15 is 0 Å². The number of rotatable bonds is 7. The summed E-state index contributed by atoms with van der Waals surface area (Å²) in [5.41, 5.74) is 5.63.